The lowest BCUT2D eigenvalue weighted by Gasteiger charge is -2.18. The van der Waals surface area contributed by atoms with Gasteiger partial charge in [-0.1, -0.05) is 23.7 Å². The van der Waals surface area contributed by atoms with Gasteiger partial charge in [0.05, 0.1) is 16.9 Å². The Morgan fingerprint density at radius 3 is 2.60 bits per heavy atom. The number of carbonyl (C=O) groups is 1. The highest BCUT2D eigenvalue weighted by Crippen LogP contribution is 2.29. The molecule has 2 aromatic rings. The summed E-state index contributed by atoms with van der Waals surface area (Å²) >= 11 is 5.97. The molecule has 0 unspecified atom stereocenters. The van der Waals surface area contributed by atoms with E-state index in [0.29, 0.717) is 17.9 Å². The van der Waals surface area contributed by atoms with Crippen molar-refractivity contribution in [3.8, 4) is 0 Å². The van der Waals surface area contributed by atoms with Crippen LogP contribution < -0.4 is 10.2 Å². The number of aryl methyl sites for hydroxylation is 1. The number of nitrogens with one attached hydrogen (secondary N) is 1. The molecule has 0 aliphatic carbocycles. The van der Waals surface area contributed by atoms with E-state index in [1.807, 2.05) is 43.3 Å². The molecule has 0 spiro atoms. The molecule has 6 heteroatoms. The smallest absolute Gasteiger partial charge is 0.156 e. The Bertz CT molecular complexity index is 643. The predicted octanol–water partition coefficient (Wildman–Crippen LogP) is 3.06. The molecular weight excluding hydrogens is 276 g/mol. The number of halogens is 1. The summed E-state index contributed by atoms with van der Waals surface area (Å²) in [4.78, 5) is 21.3. The zero-order valence-electron chi connectivity index (χ0n) is 11.5. The number of hydrogen-bond acceptors (Lipinski definition) is 5. The predicted molar refractivity (Wildman–Crippen MR) is 81.2 cm³/mol. The van der Waals surface area contributed by atoms with E-state index in [-0.39, 0.29) is 10.7 Å². The Morgan fingerprint density at radius 2 is 1.95 bits per heavy atom. The largest absolute Gasteiger partial charge is 0.376 e. The third kappa shape index (κ3) is 2.88. The Labute approximate surface area is 122 Å². The van der Waals surface area contributed by atoms with Crippen molar-refractivity contribution in [2.45, 2.75) is 6.92 Å². The molecule has 0 radical (unpaired) electrons. The first kappa shape index (κ1) is 14.3. The molecule has 0 fully saturated rings. The van der Waals surface area contributed by atoms with Gasteiger partial charge in [-0.3, -0.25) is 4.79 Å². The van der Waals surface area contributed by atoms with E-state index in [9.17, 15) is 4.79 Å². The van der Waals surface area contributed by atoms with Crippen LogP contribution in [0, 0.1) is 6.92 Å². The van der Waals surface area contributed by atoms with Gasteiger partial charge in [0.1, 0.15) is 16.8 Å². The summed E-state index contributed by atoms with van der Waals surface area (Å²) in [5.41, 5.74) is 2.08. The van der Waals surface area contributed by atoms with Gasteiger partial charge in [-0.05, 0) is 19.1 Å². The molecule has 1 heterocycles. The molecule has 1 aromatic carbocycles. The van der Waals surface area contributed by atoms with Crippen molar-refractivity contribution in [1.82, 2.24) is 9.97 Å². The molecule has 104 valence electrons. The zero-order chi connectivity index (χ0) is 14.7. The van der Waals surface area contributed by atoms with Gasteiger partial charge >= 0.3 is 0 Å². The Balaban J connectivity index is 2.47. The van der Waals surface area contributed by atoms with E-state index < -0.39 is 0 Å². The van der Waals surface area contributed by atoms with Gasteiger partial charge in [-0.15, -0.1) is 0 Å². The number of aldehydes is 1. The van der Waals surface area contributed by atoms with Crippen molar-refractivity contribution >= 4 is 35.1 Å². The van der Waals surface area contributed by atoms with Crippen LogP contribution in [0.5, 0.6) is 0 Å². The summed E-state index contributed by atoms with van der Waals surface area (Å²) in [6, 6.07) is 7.73. The van der Waals surface area contributed by atoms with Crippen LogP contribution in [-0.2, 0) is 0 Å². The lowest BCUT2D eigenvalue weighted by molar-refractivity contribution is 0.112. The number of aromatic nitrogens is 2. The molecule has 5 nitrogen and oxygen atoms in total. The Morgan fingerprint density at radius 1 is 1.25 bits per heavy atom. The van der Waals surface area contributed by atoms with E-state index in [1.165, 1.54) is 0 Å². The summed E-state index contributed by atoms with van der Waals surface area (Å²) in [7, 11) is 3.89. The molecule has 0 aliphatic rings. The molecule has 20 heavy (non-hydrogen) atoms. The van der Waals surface area contributed by atoms with Gasteiger partial charge in [0.15, 0.2) is 6.29 Å². The highest BCUT2D eigenvalue weighted by atomic mass is 35.5. The first-order chi connectivity index (χ1) is 9.52. The average Bonchev–Trinajstić information content (AvgIpc) is 2.38. The summed E-state index contributed by atoms with van der Waals surface area (Å²) in [5, 5.41) is 3.30. The number of para-hydroxylation sites is 2. The lowest BCUT2D eigenvalue weighted by atomic mass is 10.2. The van der Waals surface area contributed by atoms with Crippen molar-refractivity contribution < 1.29 is 4.79 Å². The van der Waals surface area contributed by atoms with Crippen LogP contribution in [0.4, 0.5) is 17.2 Å². The first-order valence-electron chi connectivity index (χ1n) is 6.05. The van der Waals surface area contributed by atoms with Crippen LogP contribution in [0.15, 0.2) is 24.3 Å². The molecule has 0 atom stereocenters. The van der Waals surface area contributed by atoms with Crippen LogP contribution in [0.2, 0.25) is 5.15 Å². The number of hydrogen-bond donors (Lipinski definition) is 1. The molecule has 0 bridgehead atoms. The number of rotatable bonds is 4. The van der Waals surface area contributed by atoms with E-state index in [0.717, 1.165) is 11.4 Å². The SMILES string of the molecule is Cc1nc(Cl)c(C=O)c(Nc2ccccc2N(C)C)n1. The minimum Gasteiger partial charge on any atom is -0.376 e. The summed E-state index contributed by atoms with van der Waals surface area (Å²) in [5.74, 6) is 0.914. The summed E-state index contributed by atoms with van der Waals surface area (Å²) in [6.07, 6.45) is 0.655. The summed E-state index contributed by atoms with van der Waals surface area (Å²) in [6.45, 7) is 1.73. The molecule has 0 aliphatic heterocycles. The van der Waals surface area contributed by atoms with Gasteiger partial charge in [-0.25, -0.2) is 9.97 Å². The van der Waals surface area contributed by atoms with Crippen LogP contribution in [-0.4, -0.2) is 30.3 Å². The third-order valence-corrected chi connectivity index (χ3v) is 3.06. The van der Waals surface area contributed by atoms with Crippen molar-refractivity contribution in [2.75, 3.05) is 24.3 Å². The van der Waals surface area contributed by atoms with Crippen molar-refractivity contribution in [1.29, 1.82) is 0 Å². The topological polar surface area (TPSA) is 58.1 Å². The number of benzene rings is 1. The van der Waals surface area contributed by atoms with Gasteiger partial charge in [-0.2, -0.15) is 0 Å². The van der Waals surface area contributed by atoms with Gasteiger partial charge in [0.2, 0.25) is 0 Å². The maximum Gasteiger partial charge on any atom is 0.156 e. The van der Waals surface area contributed by atoms with Crippen LogP contribution >= 0.6 is 11.6 Å². The molecule has 0 amide bonds. The second kappa shape index (κ2) is 5.88. The highest BCUT2D eigenvalue weighted by molar-refractivity contribution is 6.32. The van der Waals surface area contributed by atoms with E-state index in [2.05, 4.69) is 15.3 Å². The van der Waals surface area contributed by atoms with E-state index in [1.54, 1.807) is 6.92 Å². The van der Waals surface area contributed by atoms with Crippen molar-refractivity contribution in [3.63, 3.8) is 0 Å². The maximum atomic E-state index is 11.2. The molecule has 0 saturated carbocycles. The van der Waals surface area contributed by atoms with Gasteiger partial charge < -0.3 is 10.2 Å². The molecule has 2 rings (SSSR count). The minimum absolute atomic E-state index is 0.150. The van der Waals surface area contributed by atoms with Gasteiger partial charge in [0, 0.05) is 14.1 Å². The first-order valence-corrected chi connectivity index (χ1v) is 6.43. The van der Waals surface area contributed by atoms with Crippen molar-refractivity contribution in [2.24, 2.45) is 0 Å². The maximum absolute atomic E-state index is 11.2. The minimum atomic E-state index is 0.150. The average molecular weight is 291 g/mol. The standard InChI is InChI=1S/C14H15ClN4O/c1-9-16-13(15)10(8-20)14(17-9)18-11-6-4-5-7-12(11)19(2)3/h4-8H,1-3H3,(H,16,17,18). The van der Waals surface area contributed by atoms with E-state index >= 15 is 0 Å². The van der Waals surface area contributed by atoms with Crippen molar-refractivity contribution in [3.05, 3.63) is 40.8 Å². The highest BCUT2D eigenvalue weighted by Gasteiger charge is 2.13. The fourth-order valence-electron chi connectivity index (χ4n) is 1.84. The van der Waals surface area contributed by atoms with Crippen LogP contribution in [0.25, 0.3) is 0 Å². The third-order valence-electron chi connectivity index (χ3n) is 2.77. The van der Waals surface area contributed by atoms with E-state index in [4.69, 9.17) is 11.6 Å². The van der Waals surface area contributed by atoms with Crippen LogP contribution in [0.3, 0.4) is 0 Å². The molecule has 1 aromatic heterocycles. The summed E-state index contributed by atoms with van der Waals surface area (Å²) < 4.78 is 0. The fraction of sp³-hybridized carbons (Fsp3) is 0.214. The monoisotopic (exact) mass is 290 g/mol. The Hall–Kier alpha value is -2.14. The quantitative estimate of drug-likeness (QED) is 0.693. The number of nitrogens with zero attached hydrogens (tertiary/aromatic N) is 3. The molecule has 0 saturated heterocycles. The second-order valence-corrected chi connectivity index (χ2v) is 4.84. The fourth-order valence-corrected chi connectivity index (χ4v) is 2.10. The number of anilines is 3. The lowest BCUT2D eigenvalue weighted by Crippen LogP contribution is -2.12. The molecule has 1 N–H and O–H groups in total. The zero-order valence-corrected chi connectivity index (χ0v) is 12.3. The van der Waals surface area contributed by atoms with Gasteiger partial charge in [0.25, 0.3) is 0 Å². The Kier molecular flexibility index (Phi) is 4.20. The second-order valence-electron chi connectivity index (χ2n) is 4.48. The number of carbonyl (C=O) groups excluding carboxylic acids is 1. The normalized spacial score (nSPS) is 10.2. The molecular formula is C14H15ClN4O. The van der Waals surface area contributed by atoms with Crippen LogP contribution in [0.1, 0.15) is 16.2 Å².